The molecule has 0 aromatic carbocycles. The third-order valence-electron chi connectivity index (χ3n) is 4.90. The summed E-state index contributed by atoms with van der Waals surface area (Å²) in [6.07, 6.45) is 1.68. The summed E-state index contributed by atoms with van der Waals surface area (Å²) in [6.45, 7) is 1.59. The number of rotatable bonds is 4. The van der Waals surface area contributed by atoms with E-state index in [0.29, 0.717) is 42.1 Å². The number of carbonyl (C=O) groups excluding carboxylic acids is 1. The summed E-state index contributed by atoms with van der Waals surface area (Å²) in [5, 5.41) is 18.8. The normalized spacial score (nSPS) is 21.9. The second kappa shape index (κ2) is 7.96. The van der Waals surface area contributed by atoms with Gasteiger partial charge in [0.2, 0.25) is 0 Å². The van der Waals surface area contributed by atoms with Gasteiger partial charge >= 0.3 is 0 Å². The maximum atomic E-state index is 12.7. The Balaban J connectivity index is 0.00000121. The molecular weight excluding hydrogens is 381 g/mol. The lowest BCUT2D eigenvalue weighted by atomic mass is 10.1. The van der Waals surface area contributed by atoms with Gasteiger partial charge in [-0.15, -0.1) is 24.8 Å². The second-order valence-corrected chi connectivity index (χ2v) is 6.76. The van der Waals surface area contributed by atoms with Crippen molar-refractivity contribution >= 4 is 41.8 Å². The number of nitrogens with zero attached hydrogens (tertiary/aromatic N) is 2. The fourth-order valence-corrected chi connectivity index (χ4v) is 3.29. The molecule has 26 heavy (non-hydrogen) atoms. The van der Waals surface area contributed by atoms with E-state index < -0.39 is 6.10 Å². The van der Waals surface area contributed by atoms with Gasteiger partial charge in [-0.05, 0) is 18.9 Å². The minimum Gasteiger partial charge on any atom is -0.391 e. The number of pyridine rings is 1. The third kappa shape index (κ3) is 3.73. The molecule has 0 radical (unpaired) electrons. The molecule has 2 aromatic heterocycles. The number of aliphatic hydroxyl groups is 1. The molecule has 8 nitrogen and oxygen atoms in total. The number of aromatic amines is 1. The van der Waals surface area contributed by atoms with Crippen molar-refractivity contribution < 1.29 is 9.90 Å². The number of aliphatic hydroxyl groups excluding tert-OH is 1. The Kier molecular flexibility index (Phi) is 6.33. The van der Waals surface area contributed by atoms with Gasteiger partial charge in [0.25, 0.3) is 11.5 Å². The minimum atomic E-state index is -0.454. The van der Waals surface area contributed by atoms with Crippen molar-refractivity contribution in [2.75, 3.05) is 19.6 Å². The molecule has 4 rings (SSSR count). The standard InChI is InChI=1S/C16H21N5O3.2ClH/c1-21-14-13(16(24)20-21)10(4-11(19-14)8-2-3-8)15(23)18-6-9-5-17-7-12(9)22;;/h4,8-9,12,17,22H,2-3,5-7H2,1H3,(H,18,23)(H,20,24);2*1H. The number of hydrogen-bond acceptors (Lipinski definition) is 5. The number of aryl methyl sites for hydroxylation is 1. The summed E-state index contributed by atoms with van der Waals surface area (Å²) in [5.41, 5.74) is 1.43. The molecule has 2 fully saturated rings. The monoisotopic (exact) mass is 403 g/mol. The van der Waals surface area contributed by atoms with Gasteiger partial charge in [0.05, 0.1) is 17.1 Å². The van der Waals surface area contributed by atoms with Crippen LogP contribution in [-0.2, 0) is 7.05 Å². The predicted molar refractivity (Wildman–Crippen MR) is 103 cm³/mol. The fraction of sp³-hybridized carbons (Fsp3) is 0.562. The summed E-state index contributed by atoms with van der Waals surface area (Å²) in [6, 6.07) is 1.74. The minimum absolute atomic E-state index is 0. The molecular formula is C16H23Cl2N5O3. The number of nitrogens with one attached hydrogen (secondary N) is 3. The fourth-order valence-electron chi connectivity index (χ4n) is 3.29. The van der Waals surface area contributed by atoms with Crippen molar-refractivity contribution in [3.05, 3.63) is 27.7 Å². The highest BCUT2D eigenvalue weighted by atomic mass is 35.5. The van der Waals surface area contributed by atoms with Gasteiger partial charge in [0.1, 0.15) is 0 Å². The highest BCUT2D eigenvalue weighted by molar-refractivity contribution is 6.05. The lowest BCUT2D eigenvalue weighted by Gasteiger charge is -2.14. The van der Waals surface area contributed by atoms with Crippen molar-refractivity contribution in [3.8, 4) is 0 Å². The first kappa shape index (κ1) is 20.7. The molecule has 1 amide bonds. The SMILES string of the molecule is Cl.Cl.Cn1[nH]c(=O)c2c(C(=O)NCC3CNCC3O)cc(C3CC3)nc21. The van der Waals surface area contributed by atoms with Crippen molar-refractivity contribution in [2.24, 2.45) is 13.0 Å². The Hall–Kier alpha value is -1.61. The van der Waals surface area contributed by atoms with Crippen molar-refractivity contribution in [3.63, 3.8) is 0 Å². The molecule has 0 spiro atoms. The van der Waals surface area contributed by atoms with E-state index in [2.05, 4.69) is 20.7 Å². The van der Waals surface area contributed by atoms with Gasteiger partial charge in [-0.2, -0.15) is 0 Å². The first-order valence-corrected chi connectivity index (χ1v) is 8.31. The molecule has 2 aromatic rings. The zero-order chi connectivity index (χ0) is 16.8. The molecule has 2 aliphatic rings. The number of halogens is 2. The van der Waals surface area contributed by atoms with E-state index in [1.807, 2.05) is 0 Å². The Morgan fingerprint density at radius 2 is 2.12 bits per heavy atom. The molecule has 2 unspecified atom stereocenters. The number of hydrogen-bond donors (Lipinski definition) is 4. The number of amides is 1. The maximum absolute atomic E-state index is 12.7. The Morgan fingerprint density at radius 1 is 1.38 bits per heavy atom. The molecule has 0 bridgehead atoms. The van der Waals surface area contributed by atoms with Crippen LogP contribution in [0.3, 0.4) is 0 Å². The van der Waals surface area contributed by atoms with Crippen LogP contribution in [-0.4, -0.2) is 51.5 Å². The number of fused-ring (bicyclic) bond motifs is 1. The predicted octanol–water partition coefficient (Wildman–Crippen LogP) is 0.293. The third-order valence-corrected chi connectivity index (χ3v) is 4.90. The van der Waals surface area contributed by atoms with Gasteiger partial charge in [0, 0.05) is 44.2 Å². The largest absolute Gasteiger partial charge is 0.391 e. The van der Waals surface area contributed by atoms with Crippen LogP contribution in [0.1, 0.15) is 34.8 Å². The van der Waals surface area contributed by atoms with Gasteiger partial charge in [-0.3, -0.25) is 19.4 Å². The van der Waals surface area contributed by atoms with Crippen molar-refractivity contribution in [2.45, 2.75) is 24.9 Å². The molecule has 1 saturated carbocycles. The highest BCUT2D eigenvalue weighted by Crippen LogP contribution is 2.39. The topological polar surface area (TPSA) is 112 Å². The maximum Gasteiger partial charge on any atom is 0.274 e. The summed E-state index contributed by atoms with van der Waals surface area (Å²) in [5.74, 6) is 0.0788. The molecule has 3 heterocycles. The molecule has 1 aliphatic heterocycles. The average Bonchev–Trinajstić information content (AvgIpc) is 3.27. The van der Waals surface area contributed by atoms with E-state index in [4.69, 9.17) is 0 Å². The van der Waals surface area contributed by atoms with Gasteiger partial charge in [-0.1, -0.05) is 0 Å². The smallest absolute Gasteiger partial charge is 0.274 e. The van der Waals surface area contributed by atoms with Crippen LogP contribution in [0.4, 0.5) is 0 Å². The van der Waals surface area contributed by atoms with E-state index >= 15 is 0 Å². The zero-order valence-corrected chi connectivity index (χ0v) is 16.0. The first-order valence-electron chi connectivity index (χ1n) is 8.31. The lowest BCUT2D eigenvalue weighted by molar-refractivity contribution is 0.0928. The quantitative estimate of drug-likeness (QED) is 0.586. The molecule has 1 aliphatic carbocycles. The highest BCUT2D eigenvalue weighted by Gasteiger charge is 2.29. The number of β-amino-alcohol motifs (C(OH)–C–C–N with tert-alkyl or cyclic N) is 1. The zero-order valence-electron chi connectivity index (χ0n) is 14.3. The summed E-state index contributed by atoms with van der Waals surface area (Å²) >= 11 is 0. The van der Waals surface area contributed by atoms with E-state index in [1.54, 1.807) is 17.8 Å². The Morgan fingerprint density at radius 3 is 2.73 bits per heavy atom. The van der Waals surface area contributed by atoms with Crippen molar-refractivity contribution in [1.29, 1.82) is 0 Å². The Labute approximate surface area is 162 Å². The van der Waals surface area contributed by atoms with Crippen molar-refractivity contribution in [1.82, 2.24) is 25.4 Å². The van der Waals surface area contributed by atoms with Gasteiger partial charge < -0.3 is 15.7 Å². The number of carbonyl (C=O) groups is 1. The molecule has 10 heteroatoms. The van der Waals surface area contributed by atoms with Crippen LogP contribution >= 0.6 is 24.8 Å². The van der Waals surface area contributed by atoms with Gasteiger partial charge in [-0.25, -0.2) is 4.98 Å². The summed E-state index contributed by atoms with van der Waals surface area (Å²) in [7, 11) is 1.72. The number of H-pyrrole nitrogens is 1. The number of aromatic nitrogens is 3. The van der Waals surface area contributed by atoms with Crippen LogP contribution < -0.4 is 16.2 Å². The van der Waals surface area contributed by atoms with E-state index in [1.165, 1.54) is 0 Å². The first-order chi connectivity index (χ1) is 11.5. The van der Waals surface area contributed by atoms with Gasteiger partial charge in [0.15, 0.2) is 5.65 Å². The second-order valence-electron chi connectivity index (χ2n) is 6.76. The van der Waals surface area contributed by atoms with Crippen LogP contribution in [0.25, 0.3) is 11.0 Å². The molecule has 144 valence electrons. The molecule has 4 N–H and O–H groups in total. The van der Waals surface area contributed by atoms with Crippen LogP contribution in [0.2, 0.25) is 0 Å². The van der Waals surface area contributed by atoms with Crippen LogP contribution in [0.5, 0.6) is 0 Å². The Bertz CT molecular complexity index is 861. The average molecular weight is 404 g/mol. The van der Waals surface area contributed by atoms with E-state index in [0.717, 1.165) is 18.5 Å². The molecule has 2 atom stereocenters. The van der Waals surface area contributed by atoms with Crippen LogP contribution in [0.15, 0.2) is 10.9 Å². The molecule has 1 saturated heterocycles. The lowest BCUT2D eigenvalue weighted by Crippen LogP contribution is -2.34. The summed E-state index contributed by atoms with van der Waals surface area (Å²) in [4.78, 5) is 29.4. The van der Waals surface area contributed by atoms with E-state index in [9.17, 15) is 14.7 Å². The van der Waals surface area contributed by atoms with E-state index in [-0.39, 0.29) is 42.2 Å². The van der Waals surface area contributed by atoms with Crippen LogP contribution in [0, 0.1) is 5.92 Å². The summed E-state index contributed by atoms with van der Waals surface area (Å²) < 4.78 is 1.56.